The Kier molecular flexibility index (Phi) is 5.06. The number of furan rings is 1. The summed E-state index contributed by atoms with van der Waals surface area (Å²) in [4.78, 5) is 4.32. The second-order valence-electron chi connectivity index (χ2n) is 8.06. The van der Waals surface area contributed by atoms with E-state index in [9.17, 15) is 0 Å². The predicted octanol–water partition coefficient (Wildman–Crippen LogP) is 6.42. The maximum Gasteiger partial charge on any atom is 0.204 e. The number of anilines is 2. The van der Waals surface area contributed by atoms with Crippen molar-refractivity contribution in [2.24, 2.45) is 0 Å². The van der Waals surface area contributed by atoms with Crippen LogP contribution in [0.15, 0.2) is 71.1 Å². The minimum absolute atomic E-state index is 0.783. The summed E-state index contributed by atoms with van der Waals surface area (Å²) in [5, 5.41) is 1.17. The molecule has 0 aliphatic rings. The first-order chi connectivity index (χ1) is 13.9. The molecular weight excluding hydrogens is 356 g/mol. The number of nitrogens with zero attached hydrogens (tertiary/aromatic N) is 2. The molecule has 4 aromatic rings. The second kappa shape index (κ2) is 7.67. The van der Waals surface area contributed by atoms with Gasteiger partial charge in [-0.1, -0.05) is 53.6 Å². The zero-order valence-corrected chi connectivity index (χ0v) is 17.9. The summed E-state index contributed by atoms with van der Waals surface area (Å²) < 4.78 is 6.35. The molecule has 0 aliphatic heterocycles. The van der Waals surface area contributed by atoms with Crippen LogP contribution in [-0.4, -0.2) is 21.1 Å². The summed E-state index contributed by atoms with van der Waals surface area (Å²) in [5.41, 5.74) is 8.23. The van der Waals surface area contributed by atoms with Gasteiger partial charge in [0.25, 0.3) is 0 Å². The fourth-order valence-electron chi connectivity index (χ4n) is 3.71. The van der Waals surface area contributed by atoms with Crippen molar-refractivity contribution in [3.63, 3.8) is 0 Å². The Bertz CT molecular complexity index is 1120. The van der Waals surface area contributed by atoms with Crippen molar-refractivity contribution >= 4 is 22.5 Å². The SMILES string of the molecule is Cc1ccc(-c2c(N(C)Cc3ccc(N(C)C)cc3)oc3ccc(C)cc23)cc1. The van der Waals surface area contributed by atoms with Crippen LogP contribution in [0.4, 0.5) is 11.6 Å². The van der Waals surface area contributed by atoms with Crippen LogP contribution in [-0.2, 0) is 6.54 Å². The van der Waals surface area contributed by atoms with E-state index in [1.165, 1.54) is 33.3 Å². The van der Waals surface area contributed by atoms with Crippen molar-refractivity contribution < 1.29 is 4.42 Å². The third-order valence-corrected chi connectivity index (χ3v) is 5.38. The molecule has 148 valence electrons. The van der Waals surface area contributed by atoms with Crippen molar-refractivity contribution in [3.8, 4) is 11.1 Å². The van der Waals surface area contributed by atoms with E-state index in [0.29, 0.717) is 0 Å². The molecule has 0 fully saturated rings. The zero-order valence-electron chi connectivity index (χ0n) is 17.9. The third-order valence-electron chi connectivity index (χ3n) is 5.38. The molecule has 0 atom stereocenters. The molecule has 29 heavy (non-hydrogen) atoms. The van der Waals surface area contributed by atoms with E-state index in [1.807, 2.05) is 0 Å². The number of aryl methyl sites for hydroxylation is 2. The molecule has 3 nitrogen and oxygen atoms in total. The van der Waals surface area contributed by atoms with E-state index in [4.69, 9.17) is 4.42 Å². The van der Waals surface area contributed by atoms with Gasteiger partial charge in [0.05, 0.1) is 5.56 Å². The maximum absolute atomic E-state index is 6.35. The Morgan fingerprint density at radius 2 is 1.41 bits per heavy atom. The number of rotatable bonds is 5. The predicted molar refractivity (Wildman–Crippen MR) is 124 cm³/mol. The molecule has 0 saturated carbocycles. The largest absolute Gasteiger partial charge is 0.440 e. The van der Waals surface area contributed by atoms with Gasteiger partial charge in [-0.05, 0) is 49.2 Å². The number of hydrogen-bond donors (Lipinski definition) is 0. The maximum atomic E-state index is 6.35. The lowest BCUT2D eigenvalue weighted by molar-refractivity contribution is 0.597. The first kappa shape index (κ1) is 19.1. The molecule has 3 aromatic carbocycles. The summed E-state index contributed by atoms with van der Waals surface area (Å²) in [7, 11) is 6.22. The smallest absolute Gasteiger partial charge is 0.204 e. The van der Waals surface area contributed by atoms with Gasteiger partial charge in [-0.2, -0.15) is 0 Å². The molecule has 1 heterocycles. The number of benzene rings is 3. The van der Waals surface area contributed by atoms with Gasteiger partial charge in [0, 0.05) is 38.8 Å². The van der Waals surface area contributed by atoms with E-state index < -0.39 is 0 Å². The first-order valence-corrected chi connectivity index (χ1v) is 10.00. The molecule has 3 heteroatoms. The average Bonchev–Trinajstić information content (AvgIpc) is 3.08. The molecule has 0 spiro atoms. The number of hydrogen-bond acceptors (Lipinski definition) is 3. The van der Waals surface area contributed by atoms with Crippen LogP contribution in [0.3, 0.4) is 0 Å². The topological polar surface area (TPSA) is 19.6 Å². The molecule has 0 bridgehead atoms. The van der Waals surface area contributed by atoms with Gasteiger partial charge in [-0.3, -0.25) is 0 Å². The van der Waals surface area contributed by atoms with Crippen LogP contribution in [0.2, 0.25) is 0 Å². The molecule has 4 rings (SSSR count). The highest BCUT2D eigenvalue weighted by atomic mass is 16.4. The molecule has 0 radical (unpaired) electrons. The molecule has 0 aliphatic carbocycles. The van der Waals surface area contributed by atoms with Gasteiger partial charge in [0.2, 0.25) is 5.88 Å². The van der Waals surface area contributed by atoms with E-state index in [2.05, 4.69) is 112 Å². The Morgan fingerprint density at radius 1 is 0.759 bits per heavy atom. The van der Waals surface area contributed by atoms with E-state index in [1.54, 1.807) is 0 Å². The monoisotopic (exact) mass is 384 g/mol. The van der Waals surface area contributed by atoms with Crippen LogP contribution >= 0.6 is 0 Å². The second-order valence-corrected chi connectivity index (χ2v) is 8.06. The van der Waals surface area contributed by atoms with E-state index in [-0.39, 0.29) is 0 Å². The lowest BCUT2D eigenvalue weighted by Crippen LogP contribution is -2.16. The normalized spacial score (nSPS) is 11.1. The third kappa shape index (κ3) is 3.86. The van der Waals surface area contributed by atoms with Gasteiger partial charge in [-0.15, -0.1) is 0 Å². The van der Waals surface area contributed by atoms with Gasteiger partial charge >= 0.3 is 0 Å². The van der Waals surface area contributed by atoms with Crippen molar-refractivity contribution in [2.75, 3.05) is 30.9 Å². The van der Waals surface area contributed by atoms with Crippen LogP contribution in [0.1, 0.15) is 16.7 Å². The fraction of sp³-hybridized carbons (Fsp3) is 0.231. The zero-order chi connectivity index (χ0) is 20.5. The van der Waals surface area contributed by atoms with Crippen molar-refractivity contribution in [3.05, 3.63) is 83.4 Å². The van der Waals surface area contributed by atoms with Gasteiger partial charge < -0.3 is 14.2 Å². The standard InChI is InChI=1S/C26H28N2O/c1-18-6-11-21(12-7-18)25-23-16-19(2)8-15-24(23)29-26(25)28(5)17-20-9-13-22(14-10-20)27(3)4/h6-16H,17H2,1-5H3. The van der Waals surface area contributed by atoms with Crippen molar-refractivity contribution in [2.45, 2.75) is 20.4 Å². The van der Waals surface area contributed by atoms with Gasteiger partial charge in [0.1, 0.15) is 5.58 Å². The molecule has 1 aromatic heterocycles. The lowest BCUT2D eigenvalue weighted by atomic mass is 10.0. The molecule has 0 N–H and O–H groups in total. The van der Waals surface area contributed by atoms with Crippen molar-refractivity contribution in [1.82, 2.24) is 0 Å². The number of fused-ring (bicyclic) bond motifs is 1. The lowest BCUT2D eigenvalue weighted by Gasteiger charge is -2.19. The Labute approximate surface area is 173 Å². The van der Waals surface area contributed by atoms with Crippen LogP contribution in [0, 0.1) is 13.8 Å². The summed E-state index contributed by atoms with van der Waals surface area (Å²) in [5.74, 6) is 0.908. The minimum Gasteiger partial charge on any atom is -0.440 e. The Hall–Kier alpha value is -3.20. The van der Waals surface area contributed by atoms with Crippen LogP contribution in [0.25, 0.3) is 22.1 Å². The summed E-state index contributed by atoms with van der Waals surface area (Å²) in [6.07, 6.45) is 0. The molecule has 0 unspecified atom stereocenters. The van der Waals surface area contributed by atoms with Crippen LogP contribution < -0.4 is 9.80 Å². The van der Waals surface area contributed by atoms with Crippen molar-refractivity contribution in [1.29, 1.82) is 0 Å². The highest BCUT2D eigenvalue weighted by molar-refractivity contribution is 6.00. The first-order valence-electron chi connectivity index (χ1n) is 10.00. The van der Waals surface area contributed by atoms with Gasteiger partial charge in [0.15, 0.2) is 0 Å². The van der Waals surface area contributed by atoms with Gasteiger partial charge in [-0.25, -0.2) is 0 Å². The summed E-state index contributed by atoms with van der Waals surface area (Å²) in [6.45, 7) is 5.03. The summed E-state index contributed by atoms with van der Waals surface area (Å²) in [6, 6.07) is 23.8. The average molecular weight is 385 g/mol. The Balaban J connectivity index is 1.75. The Morgan fingerprint density at radius 3 is 2.07 bits per heavy atom. The quantitative estimate of drug-likeness (QED) is 0.396. The molecule has 0 amide bonds. The molecular formula is C26H28N2O. The van der Waals surface area contributed by atoms with Crippen LogP contribution in [0.5, 0.6) is 0 Å². The minimum atomic E-state index is 0.783. The van der Waals surface area contributed by atoms with E-state index in [0.717, 1.165) is 23.6 Å². The summed E-state index contributed by atoms with van der Waals surface area (Å²) >= 11 is 0. The molecule has 0 saturated heterocycles. The fourth-order valence-corrected chi connectivity index (χ4v) is 3.71. The van der Waals surface area contributed by atoms with E-state index >= 15 is 0 Å². The highest BCUT2D eigenvalue weighted by Crippen LogP contribution is 2.41. The highest BCUT2D eigenvalue weighted by Gasteiger charge is 2.19.